The highest BCUT2D eigenvalue weighted by Crippen LogP contribution is 2.18. The summed E-state index contributed by atoms with van der Waals surface area (Å²) in [5.41, 5.74) is 7.59. The molecule has 0 unspecified atom stereocenters. The number of carbonyl (C=O) groups excluding carboxylic acids is 2. The van der Waals surface area contributed by atoms with Gasteiger partial charge in [0.05, 0.1) is 6.26 Å². The Morgan fingerprint density at radius 3 is 2.58 bits per heavy atom. The Morgan fingerprint density at radius 1 is 1.13 bits per heavy atom. The van der Waals surface area contributed by atoms with Crippen molar-refractivity contribution in [3.05, 3.63) is 59.8 Å². The first-order chi connectivity index (χ1) is 14.8. The zero-order valence-corrected chi connectivity index (χ0v) is 17.5. The summed E-state index contributed by atoms with van der Waals surface area (Å²) in [4.78, 5) is 37.1. The minimum Gasteiger partial charge on any atom is -0.459 e. The van der Waals surface area contributed by atoms with Crippen molar-refractivity contribution in [1.82, 2.24) is 20.3 Å². The number of para-hydroxylation sites is 1. The summed E-state index contributed by atoms with van der Waals surface area (Å²) in [6.45, 7) is 5.30. The molecule has 1 amide bonds. The van der Waals surface area contributed by atoms with E-state index in [9.17, 15) is 9.59 Å². The molecule has 0 radical (unpaired) electrons. The molecule has 0 aliphatic heterocycles. The van der Waals surface area contributed by atoms with Crippen LogP contribution in [0.1, 0.15) is 35.8 Å². The van der Waals surface area contributed by atoms with Crippen LogP contribution in [-0.2, 0) is 16.1 Å². The van der Waals surface area contributed by atoms with E-state index in [1.54, 1.807) is 19.9 Å². The summed E-state index contributed by atoms with van der Waals surface area (Å²) in [7, 11) is 0. The standard InChI is InChI=1S/C21H24N6O4/c1-12(2)17(26-18(28)15-9-6-10-30-15)19(29)31-11-16-24-20(22)27-21(25-16)23-14-8-5-4-7-13(14)3/h4-10,12,17H,11H2,1-3H3,(H,26,28)(H3,22,23,24,25,27)/t17-/m0/s1. The number of aromatic nitrogens is 3. The van der Waals surface area contributed by atoms with Crippen molar-refractivity contribution in [2.45, 2.75) is 33.4 Å². The average molecular weight is 424 g/mol. The van der Waals surface area contributed by atoms with Crippen molar-refractivity contribution >= 4 is 29.5 Å². The minimum atomic E-state index is -0.874. The summed E-state index contributed by atoms with van der Waals surface area (Å²) in [5.74, 6) is -0.833. The number of rotatable bonds is 8. The Morgan fingerprint density at radius 2 is 1.90 bits per heavy atom. The van der Waals surface area contributed by atoms with Gasteiger partial charge in [0, 0.05) is 5.69 Å². The van der Waals surface area contributed by atoms with Crippen molar-refractivity contribution in [3.8, 4) is 0 Å². The molecule has 10 heteroatoms. The largest absolute Gasteiger partial charge is 0.459 e. The number of amides is 1. The number of nitrogen functional groups attached to an aromatic ring is 1. The van der Waals surface area contributed by atoms with Crippen LogP contribution in [-0.4, -0.2) is 32.9 Å². The van der Waals surface area contributed by atoms with E-state index in [-0.39, 0.29) is 36.0 Å². The smallest absolute Gasteiger partial charge is 0.329 e. The van der Waals surface area contributed by atoms with Gasteiger partial charge in [0.1, 0.15) is 6.04 Å². The molecule has 2 aromatic heterocycles. The molecule has 162 valence electrons. The lowest BCUT2D eigenvalue weighted by Gasteiger charge is -2.20. The normalized spacial score (nSPS) is 11.7. The molecule has 0 saturated heterocycles. The van der Waals surface area contributed by atoms with E-state index in [2.05, 4.69) is 25.6 Å². The number of hydrogen-bond donors (Lipinski definition) is 3. The van der Waals surface area contributed by atoms with Crippen molar-refractivity contribution in [3.63, 3.8) is 0 Å². The fraction of sp³-hybridized carbons (Fsp3) is 0.286. The summed E-state index contributed by atoms with van der Waals surface area (Å²) in [6, 6.07) is 9.85. The lowest BCUT2D eigenvalue weighted by molar-refractivity contribution is -0.148. The number of benzene rings is 1. The van der Waals surface area contributed by atoms with Gasteiger partial charge in [0.2, 0.25) is 11.9 Å². The highest BCUT2D eigenvalue weighted by atomic mass is 16.5. The maximum atomic E-state index is 12.6. The third kappa shape index (κ3) is 5.78. The van der Waals surface area contributed by atoms with Gasteiger partial charge < -0.3 is 25.5 Å². The molecule has 10 nitrogen and oxygen atoms in total. The van der Waals surface area contributed by atoms with Crippen LogP contribution in [0.2, 0.25) is 0 Å². The van der Waals surface area contributed by atoms with Gasteiger partial charge in [-0.2, -0.15) is 15.0 Å². The molecule has 0 aliphatic carbocycles. The molecule has 0 spiro atoms. The first-order valence-corrected chi connectivity index (χ1v) is 9.67. The van der Waals surface area contributed by atoms with Gasteiger partial charge in [-0.1, -0.05) is 32.0 Å². The highest BCUT2D eigenvalue weighted by Gasteiger charge is 2.27. The van der Waals surface area contributed by atoms with E-state index in [0.29, 0.717) is 0 Å². The lowest BCUT2D eigenvalue weighted by Crippen LogP contribution is -2.45. The molecule has 2 heterocycles. The first-order valence-electron chi connectivity index (χ1n) is 9.67. The molecule has 3 aromatic rings. The van der Waals surface area contributed by atoms with Crippen molar-refractivity contribution < 1.29 is 18.7 Å². The number of hydrogen-bond acceptors (Lipinski definition) is 9. The van der Waals surface area contributed by atoms with Gasteiger partial charge in [0.15, 0.2) is 18.2 Å². The second-order valence-electron chi connectivity index (χ2n) is 7.15. The number of ether oxygens (including phenoxy) is 1. The Hall–Kier alpha value is -3.95. The molecule has 1 aromatic carbocycles. The monoisotopic (exact) mass is 424 g/mol. The summed E-state index contributed by atoms with van der Waals surface area (Å²) in [5, 5.41) is 5.69. The van der Waals surface area contributed by atoms with Crippen LogP contribution in [0, 0.1) is 12.8 Å². The van der Waals surface area contributed by atoms with Crippen LogP contribution < -0.4 is 16.4 Å². The van der Waals surface area contributed by atoms with Crippen molar-refractivity contribution in [1.29, 1.82) is 0 Å². The quantitative estimate of drug-likeness (QED) is 0.464. The maximum Gasteiger partial charge on any atom is 0.329 e. The molecule has 3 rings (SSSR count). The molecule has 1 atom stereocenters. The SMILES string of the molecule is Cc1ccccc1Nc1nc(N)nc(COC(=O)[C@@H](NC(=O)c2ccco2)C(C)C)n1. The van der Waals surface area contributed by atoms with Gasteiger partial charge in [-0.05, 0) is 36.6 Å². The fourth-order valence-corrected chi connectivity index (χ4v) is 2.74. The maximum absolute atomic E-state index is 12.6. The molecule has 0 bridgehead atoms. The zero-order chi connectivity index (χ0) is 22.4. The van der Waals surface area contributed by atoms with E-state index < -0.39 is 17.9 Å². The number of nitrogens with zero attached hydrogens (tertiary/aromatic N) is 3. The van der Waals surface area contributed by atoms with Crippen molar-refractivity contribution in [2.24, 2.45) is 5.92 Å². The van der Waals surface area contributed by atoms with E-state index in [1.165, 1.54) is 12.3 Å². The fourth-order valence-electron chi connectivity index (χ4n) is 2.74. The Bertz CT molecular complexity index is 1050. The third-order valence-electron chi connectivity index (χ3n) is 4.39. The summed E-state index contributed by atoms with van der Waals surface area (Å²) >= 11 is 0. The van der Waals surface area contributed by atoms with Crippen LogP contribution >= 0.6 is 0 Å². The number of nitrogens with one attached hydrogen (secondary N) is 2. The predicted molar refractivity (Wildman–Crippen MR) is 113 cm³/mol. The number of furan rings is 1. The van der Waals surface area contributed by atoms with Crippen LogP contribution in [0.25, 0.3) is 0 Å². The molecule has 31 heavy (non-hydrogen) atoms. The molecule has 0 fully saturated rings. The van der Waals surface area contributed by atoms with E-state index >= 15 is 0 Å². The topological polar surface area (TPSA) is 145 Å². The highest BCUT2D eigenvalue weighted by molar-refractivity contribution is 5.94. The van der Waals surface area contributed by atoms with Crippen LogP contribution in [0.5, 0.6) is 0 Å². The average Bonchev–Trinajstić information content (AvgIpc) is 3.26. The molecule has 0 aliphatic rings. The van der Waals surface area contributed by atoms with Gasteiger partial charge in [-0.25, -0.2) is 4.79 Å². The predicted octanol–water partition coefficient (Wildman–Crippen LogP) is 2.60. The van der Waals surface area contributed by atoms with Gasteiger partial charge in [-0.3, -0.25) is 4.79 Å². The van der Waals surface area contributed by atoms with Gasteiger partial charge in [0.25, 0.3) is 5.91 Å². The van der Waals surface area contributed by atoms with E-state index in [0.717, 1.165) is 11.3 Å². The molecule has 4 N–H and O–H groups in total. The summed E-state index contributed by atoms with van der Waals surface area (Å²) < 4.78 is 10.4. The minimum absolute atomic E-state index is 0.0105. The van der Waals surface area contributed by atoms with Crippen molar-refractivity contribution in [2.75, 3.05) is 11.1 Å². The summed E-state index contributed by atoms with van der Waals surface area (Å²) in [6.07, 6.45) is 1.38. The number of carbonyl (C=O) groups is 2. The zero-order valence-electron chi connectivity index (χ0n) is 17.5. The lowest BCUT2D eigenvalue weighted by atomic mass is 10.0. The number of aryl methyl sites for hydroxylation is 1. The van der Waals surface area contributed by atoms with Gasteiger partial charge >= 0.3 is 5.97 Å². The number of nitrogens with two attached hydrogens (primary N) is 1. The van der Waals surface area contributed by atoms with E-state index in [1.807, 2.05) is 31.2 Å². The molecule has 0 saturated carbocycles. The molecular formula is C21H24N6O4. The first kappa shape index (κ1) is 21.8. The second-order valence-corrected chi connectivity index (χ2v) is 7.15. The van der Waals surface area contributed by atoms with Gasteiger partial charge in [-0.15, -0.1) is 0 Å². The Balaban J connectivity index is 1.66. The second kappa shape index (κ2) is 9.70. The number of anilines is 3. The van der Waals surface area contributed by atoms with Crippen LogP contribution in [0.15, 0.2) is 47.1 Å². The third-order valence-corrected chi connectivity index (χ3v) is 4.39. The number of esters is 1. The Kier molecular flexibility index (Phi) is 6.81. The van der Waals surface area contributed by atoms with Crippen LogP contribution in [0.4, 0.5) is 17.6 Å². The van der Waals surface area contributed by atoms with E-state index in [4.69, 9.17) is 14.9 Å². The molecular weight excluding hydrogens is 400 g/mol. The van der Waals surface area contributed by atoms with Crippen LogP contribution in [0.3, 0.4) is 0 Å². The Labute approximate surface area is 179 Å².